The van der Waals surface area contributed by atoms with E-state index in [1.165, 1.54) is 5.75 Å². The number of nitrogens with zero attached hydrogens (tertiary/aromatic N) is 1. The van der Waals surface area contributed by atoms with E-state index in [1.807, 2.05) is 11.8 Å². The van der Waals surface area contributed by atoms with Crippen LogP contribution in [0.25, 0.3) is 0 Å². The molecule has 0 radical (unpaired) electrons. The Morgan fingerprint density at radius 3 is 2.83 bits per heavy atom. The normalized spacial score (nSPS) is 12.4. The first-order chi connectivity index (χ1) is 5.81. The molecule has 0 aliphatic rings. The lowest BCUT2D eigenvalue weighted by Crippen LogP contribution is -2.12. The first kappa shape index (κ1) is 11.8. The zero-order chi connectivity index (χ0) is 9.23. The Bertz CT molecular complexity index is 131. The van der Waals surface area contributed by atoms with Crippen LogP contribution in [0.4, 0.5) is 0 Å². The van der Waals surface area contributed by atoms with Gasteiger partial charge in [0.1, 0.15) is 0 Å². The molecule has 0 aliphatic heterocycles. The fraction of sp³-hybridized carbons (Fsp3) is 0.889. The highest BCUT2D eigenvalue weighted by Crippen LogP contribution is 2.10. The maximum Gasteiger partial charge on any atom is 0.0621 e. The maximum atomic E-state index is 8.28. The summed E-state index contributed by atoms with van der Waals surface area (Å²) in [5.74, 6) is 2.96. The van der Waals surface area contributed by atoms with Crippen molar-refractivity contribution in [3.05, 3.63) is 0 Å². The number of unbranched alkanes of at least 4 members (excludes halogenated alkanes) is 2. The molecule has 12 heavy (non-hydrogen) atoms. The molecule has 0 heterocycles. The minimum absolute atomic E-state index is 0.631. The first-order valence-corrected chi connectivity index (χ1v) is 5.61. The molecule has 2 N–H and O–H groups in total. The van der Waals surface area contributed by atoms with Crippen LogP contribution in [0.15, 0.2) is 0 Å². The van der Waals surface area contributed by atoms with Crippen LogP contribution in [0, 0.1) is 17.2 Å². The van der Waals surface area contributed by atoms with Crippen LogP contribution < -0.4 is 5.73 Å². The molecule has 0 saturated carbocycles. The van der Waals surface area contributed by atoms with Crippen LogP contribution in [-0.2, 0) is 0 Å². The Hall–Kier alpha value is -0.200. The van der Waals surface area contributed by atoms with Gasteiger partial charge in [0, 0.05) is 6.42 Å². The third-order valence-corrected chi connectivity index (χ3v) is 3.01. The van der Waals surface area contributed by atoms with Gasteiger partial charge in [-0.25, -0.2) is 0 Å². The SMILES string of the molecule is CC(CN)CSCCCCC#N. The summed E-state index contributed by atoms with van der Waals surface area (Å²) in [6.07, 6.45) is 2.91. The van der Waals surface area contributed by atoms with Crippen LogP contribution in [0.1, 0.15) is 26.2 Å². The second-order valence-corrected chi connectivity index (χ2v) is 4.18. The molecule has 0 aliphatic carbocycles. The molecule has 0 aromatic carbocycles. The number of hydrogen-bond donors (Lipinski definition) is 1. The van der Waals surface area contributed by atoms with Crippen molar-refractivity contribution >= 4 is 11.8 Å². The van der Waals surface area contributed by atoms with E-state index >= 15 is 0 Å². The van der Waals surface area contributed by atoms with Crippen LogP contribution in [0.3, 0.4) is 0 Å². The van der Waals surface area contributed by atoms with Crippen LogP contribution >= 0.6 is 11.8 Å². The fourth-order valence-corrected chi connectivity index (χ4v) is 1.87. The van der Waals surface area contributed by atoms with Crippen molar-refractivity contribution in [3.63, 3.8) is 0 Å². The lowest BCUT2D eigenvalue weighted by atomic mass is 10.2. The van der Waals surface area contributed by atoms with E-state index in [9.17, 15) is 0 Å². The van der Waals surface area contributed by atoms with Crippen molar-refractivity contribution < 1.29 is 0 Å². The van der Waals surface area contributed by atoms with Gasteiger partial charge in [-0.05, 0) is 36.8 Å². The van der Waals surface area contributed by atoms with E-state index in [-0.39, 0.29) is 0 Å². The van der Waals surface area contributed by atoms with Crippen LogP contribution in [-0.4, -0.2) is 18.1 Å². The molecule has 3 heteroatoms. The summed E-state index contributed by atoms with van der Waals surface area (Å²) < 4.78 is 0. The number of nitrogens with two attached hydrogens (primary N) is 1. The highest BCUT2D eigenvalue weighted by molar-refractivity contribution is 7.99. The van der Waals surface area contributed by atoms with Gasteiger partial charge < -0.3 is 5.73 Å². The molecular weight excluding hydrogens is 168 g/mol. The lowest BCUT2D eigenvalue weighted by Gasteiger charge is -2.06. The Balaban J connectivity index is 2.96. The van der Waals surface area contributed by atoms with Gasteiger partial charge in [-0.3, -0.25) is 0 Å². The number of nitriles is 1. The Morgan fingerprint density at radius 2 is 2.25 bits per heavy atom. The van der Waals surface area contributed by atoms with Gasteiger partial charge in [-0.2, -0.15) is 17.0 Å². The molecule has 1 unspecified atom stereocenters. The Morgan fingerprint density at radius 1 is 1.50 bits per heavy atom. The Kier molecular flexibility index (Phi) is 8.74. The topological polar surface area (TPSA) is 49.8 Å². The van der Waals surface area contributed by atoms with Crippen molar-refractivity contribution in [2.45, 2.75) is 26.2 Å². The fourth-order valence-electron chi connectivity index (χ4n) is 0.761. The summed E-state index contributed by atoms with van der Waals surface area (Å²) in [7, 11) is 0. The number of thioether (sulfide) groups is 1. The summed E-state index contributed by atoms with van der Waals surface area (Å²) in [6.45, 7) is 2.95. The van der Waals surface area contributed by atoms with Crippen molar-refractivity contribution in [3.8, 4) is 6.07 Å². The van der Waals surface area contributed by atoms with Gasteiger partial charge in [0.25, 0.3) is 0 Å². The zero-order valence-corrected chi connectivity index (χ0v) is 8.57. The van der Waals surface area contributed by atoms with Gasteiger partial charge in [-0.15, -0.1) is 0 Å². The molecule has 0 bridgehead atoms. The van der Waals surface area contributed by atoms with Crippen molar-refractivity contribution in [2.75, 3.05) is 18.1 Å². The van der Waals surface area contributed by atoms with Gasteiger partial charge >= 0.3 is 0 Å². The number of hydrogen-bond acceptors (Lipinski definition) is 3. The average molecular weight is 186 g/mol. The average Bonchev–Trinajstić information content (AvgIpc) is 2.10. The van der Waals surface area contributed by atoms with E-state index < -0.39 is 0 Å². The third-order valence-electron chi connectivity index (χ3n) is 1.63. The molecule has 0 saturated heterocycles. The van der Waals surface area contributed by atoms with Gasteiger partial charge in [0.2, 0.25) is 0 Å². The molecule has 0 aromatic heterocycles. The summed E-state index contributed by atoms with van der Waals surface area (Å²) >= 11 is 1.95. The first-order valence-electron chi connectivity index (χ1n) is 4.46. The van der Waals surface area contributed by atoms with Crippen LogP contribution in [0.5, 0.6) is 0 Å². The molecule has 70 valence electrons. The van der Waals surface area contributed by atoms with Gasteiger partial charge in [0.05, 0.1) is 6.07 Å². The predicted molar refractivity (Wildman–Crippen MR) is 55.0 cm³/mol. The van der Waals surface area contributed by atoms with E-state index in [0.717, 1.165) is 25.1 Å². The second kappa shape index (κ2) is 8.89. The summed E-state index contributed by atoms with van der Waals surface area (Å²) in [5.41, 5.74) is 5.48. The number of rotatable bonds is 7. The van der Waals surface area contributed by atoms with E-state index in [2.05, 4.69) is 13.0 Å². The van der Waals surface area contributed by atoms with E-state index in [4.69, 9.17) is 11.0 Å². The molecule has 0 rings (SSSR count). The third kappa shape index (κ3) is 7.90. The predicted octanol–water partition coefficient (Wildman–Crippen LogP) is 2.01. The highest BCUT2D eigenvalue weighted by Gasteiger charge is 1.97. The summed E-state index contributed by atoms with van der Waals surface area (Å²) in [6, 6.07) is 2.15. The largest absolute Gasteiger partial charge is 0.330 e. The second-order valence-electron chi connectivity index (χ2n) is 3.03. The monoisotopic (exact) mass is 186 g/mol. The molecule has 0 amide bonds. The zero-order valence-electron chi connectivity index (χ0n) is 7.75. The molecule has 0 spiro atoms. The molecule has 2 nitrogen and oxygen atoms in total. The smallest absolute Gasteiger partial charge is 0.0621 e. The van der Waals surface area contributed by atoms with Crippen molar-refractivity contribution in [2.24, 2.45) is 11.7 Å². The molecular formula is C9H18N2S. The molecule has 0 fully saturated rings. The van der Waals surface area contributed by atoms with E-state index in [1.54, 1.807) is 0 Å². The molecule has 1 atom stereocenters. The summed E-state index contributed by atoms with van der Waals surface area (Å²) in [5, 5.41) is 8.28. The lowest BCUT2D eigenvalue weighted by molar-refractivity contribution is 0.674. The van der Waals surface area contributed by atoms with Crippen molar-refractivity contribution in [1.82, 2.24) is 0 Å². The van der Waals surface area contributed by atoms with Gasteiger partial charge in [0.15, 0.2) is 0 Å². The minimum Gasteiger partial charge on any atom is -0.330 e. The minimum atomic E-state index is 0.631. The maximum absolute atomic E-state index is 8.28. The standard InChI is InChI=1S/C9H18N2S/c1-9(7-11)8-12-6-4-2-3-5-10/h9H,2-4,6-8,11H2,1H3. The Labute approximate surface area is 79.5 Å². The van der Waals surface area contributed by atoms with Crippen LogP contribution in [0.2, 0.25) is 0 Å². The summed E-state index contributed by atoms with van der Waals surface area (Å²) in [4.78, 5) is 0. The molecule has 0 aromatic rings. The van der Waals surface area contributed by atoms with Crippen molar-refractivity contribution in [1.29, 1.82) is 5.26 Å². The van der Waals surface area contributed by atoms with Gasteiger partial charge in [-0.1, -0.05) is 6.92 Å². The highest BCUT2D eigenvalue weighted by atomic mass is 32.2. The van der Waals surface area contributed by atoms with E-state index in [0.29, 0.717) is 12.3 Å². The quantitative estimate of drug-likeness (QED) is 0.619.